The van der Waals surface area contributed by atoms with Crippen LogP contribution in [0.5, 0.6) is 11.6 Å². The first-order chi connectivity index (χ1) is 28.6. The van der Waals surface area contributed by atoms with Crippen LogP contribution >= 0.6 is 11.6 Å². The quantitative estimate of drug-likeness (QED) is 0.198. The molecule has 2 aliphatic carbocycles. The predicted octanol–water partition coefficient (Wildman–Crippen LogP) is 5.07. The van der Waals surface area contributed by atoms with Gasteiger partial charge in [0.25, 0.3) is 17.7 Å². The number of fused-ring (bicyclic) bond motifs is 4. The summed E-state index contributed by atoms with van der Waals surface area (Å²) >= 11 is 6.47. The van der Waals surface area contributed by atoms with Crippen LogP contribution in [-0.4, -0.2) is 109 Å². The molecular weight excluding hydrogens is 814 g/mol. The van der Waals surface area contributed by atoms with Crippen molar-refractivity contribution < 1.29 is 42.4 Å². The van der Waals surface area contributed by atoms with Gasteiger partial charge in [0.1, 0.15) is 17.4 Å². The average Bonchev–Trinajstić information content (AvgIpc) is 3.50. The lowest BCUT2D eigenvalue weighted by molar-refractivity contribution is -0.154. The fraction of sp³-hybridized carbons (Fsp3) is 0.500. The molecule has 7 rings (SSSR count). The molecule has 0 saturated heterocycles. The Bertz CT molecular complexity index is 2290. The molecule has 7 atom stereocenters. The highest BCUT2D eigenvalue weighted by Crippen LogP contribution is 2.47. The van der Waals surface area contributed by atoms with E-state index in [0.29, 0.717) is 36.2 Å². The van der Waals surface area contributed by atoms with Crippen LogP contribution in [0.4, 0.5) is 10.5 Å². The van der Waals surface area contributed by atoms with E-state index in [-0.39, 0.29) is 34.3 Å². The molecule has 2 aromatic carbocycles. The standard InChI is InChI=1S/C42H51ClN7O9S/c1-24-33(58-41(54)47(2)3)15-16-34(56-6)29-12-9-27(29)20-50-22-42(17-7-8-25-18-28(43)11-13-31(25)42)23-57-35-14-10-26(19-32(35)50)38(52)46-60(55)36(24)40(53)49(5)59-39-30(37(44)51)21-48(4)45-39/h10-11,13-16,18-19,21,24,27,29,33-34,36H,7-9,12,17,20,22-23H2,1-6H3,(H2,44,51)/q-1. The number of aromatic nitrogens is 2. The lowest BCUT2D eigenvalue weighted by Crippen LogP contribution is -2.49. The number of benzene rings is 2. The maximum Gasteiger partial charge on any atom is 0.409 e. The van der Waals surface area contributed by atoms with E-state index in [9.17, 15) is 23.4 Å². The molecule has 2 N–H and O–H groups in total. The molecule has 1 saturated carbocycles. The van der Waals surface area contributed by atoms with Crippen molar-refractivity contribution in [3.8, 4) is 11.6 Å². The number of nitrogens with two attached hydrogens (primary N) is 1. The number of nitrogens with zero attached hydrogens (tertiary/aromatic N) is 6. The number of methoxy groups -OCH3 is 1. The minimum absolute atomic E-state index is 0.0735. The van der Waals surface area contributed by atoms with Crippen LogP contribution < -0.4 is 20.2 Å². The minimum Gasteiger partial charge on any atom is -0.490 e. The van der Waals surface area contributed by atoms with Crippen molar-refractivity contribution in [3.05, 3.63) is 82.0 Å². The van der Waals surface area contributed by atoms with E-state index < -0.39 is 57.8 Å². The number of carbonyl (C=O) groups excluding carboxylic acids is 4. The third-order valence-corrected chi connectivity index (χ3v) is 13.9. The molecule has 1 fully saturated rings. The summed E-state index contributed by atoms with van der Waals surface area (Å²) in [5, 5.41) is 3.92. The smallest absolute Gasteiger partial charge is 0.409 e. The van der Waals surface area contributed by atoms with Gasteiger partial charge in [-0.25, -0.2) is 4.79 Å². The van der Waals surface area contributed by atoms with Gasteiger partial charge in [0.15, 0.2) is 0 Å². The molecule has 0 radical (unpaired) electrons. The summed E-state index contributed by atoms with van der Waals surface area (Å²) < 4.78 is 38.5. The number of hydrogen-bond acceptors (Lipinski definition) is 12. The number of ether oxygens (including phenoxy) is 3. The molecule has 16 nitrogen and oxygen atoms in total. The van der Waals surface area contributed by atoms with Crippen LogP contribution in [0.25, 0.3) is 0 Å². The van der Waals surface area contributed by atoms with Crippen molar-refractivity contribution in [3.63, 3.8) is 0 Å². The van der Waals surface area contributed by atoms with Crippen LogP contribution in [0.15, 0.2) is 59.1 Å². The molecule has 2 aliphatic heterocycles. The number of halogens is 1. The summed E-state index contributed by atoms with van der Waals surface area (Å²) in [6.07, 6.45) is 7.11. The minimum atomic E-state index is -2.58. The fourth-order valence-corrected chi connectivity index (χ4v) is 10.3. The zero-order chi connectivity index (χ0) is 43.0. The lowest BCUT2D eigenvalue weighted by Gasteiger charge is -2.46. The molecule has 1 spiro atoms. The van der Waals surface area contributed by atoms with E-state index in [0.717, 1.165) is 37.2 Å². The number of anilines is 1. The van der Waals surface area contributed by atoms with Crippen molar-refractivity contribution >= 4 is 51.7 Å². The molecule has 60 heavy (non-hydrogen) atoms. The highest BCUT2D eigenvalue weighted by Gasteiger charge is 2.45. The van der Waals surface area contributed by atoms with Gasteiger partial charge in [0.05, 0.1) is 18.4 Å². The second kappa shape index (κ2) is 17.5. The second-order valence-corrected chi connectivity index (χ2v) is 18.1. The van der Waals surface area contributed by atoms with Crippen LogP contribution in [0.1, 0.15) is 64.4 Å². The first-order valence-electron chi connectivity index (χ1n) is 19.9. The molecule has 3 aromatic rings. The molecular formula is C42H51ClN7O9S-. The Kier molecular flexibility index (Phi) is 12.5. The summed E-state index contributed by atoms with van der Waals surface area (Å²) in [5.74, 6) is -3.04. The van der Waals surface area contributed by atoms with E-state index in [1.54, 1.807) is 38.3 Å². The molecule has 4 amide bonds. The molecule has 1 aromatic heterocycles. The first kappa shape index (κ1) is 43.0. The van der Waals surface area contributed by atoms with E-state index in [4.69, 9.17) is 36.4 Å². The van der Waals surface area contributed by atoms with E-state index in [1.165, 1.54) is 55.1 Å². The first-order valence-corrected chi connectivity index (χ1v) is 21.5. The van der Waals surface area contributed by atoms with Gasteiger partial charge in [-0.3, -0.25) is 19.1 Å². The highest BCUT2D eigenvalue weighted by molar-refractivity contribution is 7.76. The number of carbonyl (C=O) groups is 4. The van der Waals surface area contributed by atoms with Gasteiger partial charge < -0.3 is 43.2 Å². The van der Waals surface area contributed by atoms with E-state index in [2.05, 4.69) is 20.4 Å². The van der Waals surface area contributed by atoms with Gasteiger partial charge in [-0.2, -0.15) is 15.7 Å². The number of primary amides is 1. The number of amides is 4. The molecule has 18 heteroatoms. The molecule has 7 unspecified atom stereocenters. The Balaban J connectivity index is 1.32. The van der Waals surface area contributed by atoms with E-state index in [1.807, 2.05) is 18.2 Å². The number of hydroxylamine groups is 2. The number of aryl methyl sites for hydroxylation is 2. The summed E-state index contributed by atoms with van der Waals surface area (Å²) in [5.41, 5.74) is 8.33. The van der Waals surface area contributed by atoms with Crippen LogP contribution in [-0.2, 0) is 48.0 Å². The van der Waals surface area contributed by atoms with Crippen LogP contribution in [0.3, 0.4) is 0 Å². The van der Waals surface area contributed by atoms with Gasteiger partial charge in [0.2, 0.25) is 5.91 Å². The number of rotatable bonds is 6. The Labute approximate surface area is 356 Å². The summed E-state index contributed by atoms with van der Waals surface area (Å²) in [6, 6.07) is 11.1. The topological polar surface area (TPSA) is 188 Å². The van der Waals surface area contributed by atoms with Crippen LogP contribution in [0.2, 0.25) is 5.02 Å². The lowest BCUT2D eigenvalue weighted by atomic mass is 9.68. The zero-order valence-electron chi connectivity index (χ0n) is 34.5. The Morgan fingerprint density at radius 3 is 2.55 bits per heavy atom. The Hall–Kier alpha value is -5.13. The summed E-state index contributed by atoms with van der Waals surface area (Å²) in [6.45, 7) is 3.26. The van der Waals surface area contributed by atoms with Crippen molar-refractivity contribution in [2.45, 2.75) is 61.9 Å². The third-order valence-electron chi connectivity index (χ3n) is 12.2. The fourth-order valence-electron chi connectivity index (χ4n) is 8.86. The Morgan fingerprint density at radius 2 is 1.85 bits per heavy atom. The van der Waals surface area contributed by atoms with Gasteiger partial charge >= 0.3 is 6.09 Å². The van der Waals surface area contributed by atoms with Crippen LogP contribution in [0, 0.1) is 17.8 Å². The van der Waals surface area contributed by atoms with E-state index >= 15 is 0 Å². The monoisotopic (exact) mass is 864 g/mol. The largest absolute Gasteiger partial charge is 0.490 e. The van der Waals surface area contributed by atoms with Gasteiger partial charge in [0, 0.05) is 75.8 Å². The van der Waals surface area contributed by atoms with Crippen molar-refractivity contribution in [2.24, 2.45) is 34.9 Å². The maximum atomic E-state index is 14.5. The maximum absolute atomic E-state index is 14.5. The SMILES string of the molecule is COC1C=CC(OC(=O)N(C)C)C(C)C(C(=O)N(C)Oc2nn(C)cc2C(N)=O)[S-](=O)=NC(=O)c2ccc3c(c2)N(CC2CCC21)CC1(CCCc2cc(Cl)ccc21)CO3. The molecule has 4 aliphatic rings. The summed E-state index contributed by atoms with van der Waals surface area (Å²) in [4.78, 5) is 63.0. The summed E-state index contributed by atoms with van der Waals surface area (Å²) in [7, 11) is 4.87. The van der Waals surface area contributed by atoms with Crippen molar-refractivity contribution in [1.29, 1.82) is 0 Å². The normalized spacial score (nSPS) is 26.6. The van der Waals surface area contributed by atoms with Crippen molar-refractivity contribution in [2.75, 3.05) is 52.8 Å². The number of hydrogen-bond donors (Lipinski definition) is 1. The predicted molar refractivity (Wildman–Crippen MR) is 223 cm³/mol. The average molecular weight is 865 g/mol. The Morgan fingerprint density at radius 1 is 1.08 bits per heavy atom. The molecule has 322 valence electrons. The third kappa shape index (κ3) is 8.57. The molecule has 3 heterocycles. The zero-order valence-corrected chi connectivity index (χ0v) is 36.1. The van der Waals surface area contributed by atoms with Gasteiger partial charge in [-0.05, 0) is 97.4 Å². The second-order valence-electron chi connectivity index (χ2n) is 16.4. The van der Waals surface area contributed by atoms with Crippen molar-refractivity contribution in [1.82, 2.24) is 19.7 Å². The van der Waals surface area contributed by atoms with Gasteiger partial charge in [-0.1, -0.05) is 30.7 Å². The highest BCUT2D eigenvalue weighted by atomic mass is 35.5. The molecule has 2 bridgehead atoms. The van der Waals surface area contributed by atoms with Gasteiger partial charge in [-0.15, -0.1) is 5.10 Å².